The monoisotopic (exact) mass is 372 g/mol. The van der Waals surface area contributed by atoms with E-state index in [-0.39, 0.29) is 0 Å². The molecule has 0 fully saturated rings. The number of para-hydroxylation sites is 3. The van der Waals surface area contributed by atoms with Crippen LogP contribution >= 0.6 is 0 Å². The van der Waals surface area contributed by atoms with Crippen molar-refractivity contribution in [3.63, 3.8) is 0 Å². The van der Waals surface area contributed by atoms with Crippen molar-refractivity contribution in [3.05, 3.63) is 60.3 Å². The Morgan fingerprint density at radius 1 is 1.11 bits per heavy atom. The highest BCUT2D eigenvalue weighted by Crippen LogP contribution is 2.35. The van der Waals surface area contributed by atoms with Gasteiger partial charge in [0.15, 0.2) is 5.82 Å². The first kappa shape index (κ1) is 16.2. The van der Waals surface area contributed by atoms with Crippen LogP contribution in [0.3, 0.4) is 0 Å². The highest BCUT2D eigenvalue weighted by molar-refractivity contribution is 5.81. The number of anilines is 3. The number of hydrogen-bond donors (Lipinski definition) is 2. The largest absolute Gasteiger partial charge is 0.496 e. The summed E-state index contributed by atoms with van der Waals surface area (Å²) in [4.78, 5) is 9.07. The number of rotatable bonds is 4. The lowest BCUT2D eigenvalue weighted by Gasteiger charge is -2.11. The third-order valence-electron chi connectivity index (χ3n) is 4.51. The van der Waals surface area contributed by atoms with Gasteiger partial charge in [0.25, 0.3) is 0 Å². The standard InChI is InChI=1S/C19H16N8O/c1-28-16-9-5-2-6-12(16)10-20-19-21-11-13-17(23-19)22-14-7-3-4-8-15(14)27-18(13)24-25-26-27/h2-9,11H,10H2,1H3,(H2,20,21,22,23). The number of tetrazole rings is 1. The van der Waals surface area contributed by atoms with Crippen LogP contribution in [-0.4, -0.2) is 37.3 Å². The summed E-state index contributed by atoms with van der Waals surface area (Å²) in [5.41, 5.74) is 3.46. The first-order valence-electron chi connectivity index (χ1n) is 8.71. The van der Waals surface area contributed by atoms with Crippen molar-refractivity contribution < 1.29 is 4.74 Å². The van der Waals surface area contributed by atoms with Crippen molar-refractivity contribution in [1.82, 2.24) is 30.2 Å². The highest BCUT2D eigenvalue weighted by Gasteiger charge is 2.23. The Balaban J connectivity index is 1.50. The van der Waals surface area contributed by atoms with E-state index in [0.717, 1.165) is 28.3 Å². The number of aromatic nitrogens is 6. The van der Waals surface area contributed by atoms with Gasteiger partial charge in [0.05, 0.1) is 24.0 Å². The van der Waals surface area contributed by atoms with E-state index in [1.165, 1.54) is 0 Å². The molecular formula is C19H16N8O. The lowest BCUT2D eigenvalue weighted by molar-refractivity contribution is 0.410. The molecule has 4 aromatic rings. The SMILES string of the molecule is COc1ccccc1CNc1ncc2c(n1)Nc1ccccc1-n1nnnc1-2. The second kappa shape index (κ2) is 6.62. The van der Waals surface area contributed by atoms with Crippen LogP contribution in [-0.2, 0) is 6.54 Å². The van der Waals surface area contributed by atoms with E-state index in [4.69, 9.17) is 4.74 Å². The number of hydrogen-bond acceptors (Lipinski definition) is 8. The maximum Gasteiger partial charge on any atom is 0.224 e. The van der Waals surface area contributed by atoms with Crippen molar-refractivity contribution in [1.29, 1.82) is 0 Å². The van der Waals surface area contributed by atoms with Gasteiger partial charge in [0.1, 0.15) is 11.6 Å². The molecule has 0 atom stereocenters. The quantitative estimate of drug-likeness (QED) is 0.496. The van der Waals surface area contributed by atoms with Crippen molar-refractivity contribution >= 4 is 17.5 Å². The fraction of sp³-hybridized carbons (Fsp3) is 0.105. The van der Waals surface area contributed by atoms with Gasteiger partial charge in [-0.2, -0.15) is 9.67 Å². The minimum atomic E-state index is 0.496. The summed E-state index contributed by atoms with van der Waals surface area (Å²) in [7, 11) is 1.66. The van der Waals surface area contributed by atoms with E-state index < -0.39 is 0 Å². The summed E-state index contributed by atoms with van der Waals surface area (Å²) >= 11 is 0. The molecule has 2 N–H and O–H groups in total. The van der Waals surface area contributed by atoms with Crippen molar-refractivity contribution in [2.24, 2.45) is 0 Å². The number of ether oxygens (including phenoxy) is 1. The molecule has 9 nitrogen and oxygen atoms in total. The van der Waals surface area contributed by atoms with Gasteiger partial charge >= 0.3 is 0 Å². The summed E-state index contributed by atoms with van der Waals surface area (Å²) in [6.45, 7) is 0.539. The fourth-order valence-electron chi connectivity index (χ4n) is 3.16. The normalized spacial score (nSPS) is 11.5. The van der Waals surface area contributed by atoms with Gasteiger partial charge in [-0.25, -0.2) is 4.98 Å². The number of nitrogens with zero attached hydrogens (tertiary/aromatic N) is 6. The van der Waals surface area contributed by atoms with Crippen LogP contribution in [0.15, 0.2) is 54.7 Å². The fourth-order valence-corrected chi connectivity index (χ4v) is 3.16. The third-order valence-corrected chi connectivity index (χ3v) is 4.51. The van der Waals surface area contributed by atoms with Crippen molar-refractivity contribution in [2.45, 2.75) is 6.54 Å². The summed E-state index contributed by atoms with van der Waals surface area (Å²) in [5, 5.41) is 18.7. The Bertz CT molecular complexity index is 1160. The molecule has 0 unspecified atom stereocenters. The van der Waals surface area contributed by atoms with Crippen molar-refractivity contribution in [3.8, 4) is 22.8 Å². The predicted molar refractivity (Wildman–Crippen MR) is 104 cm³/mol. The molecule has 3 heterocycles. The molecule has 0 saturated heterocycles. The second-order valence-corrected chi connectivity index (χ2v) is 6.18. The summed E-state index contributed by atoms with van der Waals surface area (Å²) in [6, 6.07) is 15.6. The second-order valence-electron chi connectivity index (χ2n) is 6.18. The Hall–Kier alpha value is -4.01. The highest BCUT2D eigenvalue weighted by atomic mass is 16.5. The zero-order valence-corrected chi connectivity index (χ0v) is 15.0. The van der Waals surface area contributed by atoms with Crippen LogP contribution in [0.25, 0.3) is 17.1 Å². The smallest absolute Gasteiger partial charge is 0.224 e. The summed E-state index contributed by atoms with van der Waals surface area (Å²) < 4.78 is 7.07. The maximum atomic E-state index is 5.39. The first-order valence-corrected chi connectivity index (χ1v) is 8.71. The van der Waals surface area contributed by atoms with Gasteiger partial charge < -0.3 is 15.4 Å². The molecule has 0 aliphatic carbocycles. The van der Waals surface area contributed by atoms with Gasteiger partial charge in [-0.1, -0.05) is 30.3 Å². The molecular weight excluding hydrogens is 356 g/mol. The maximum absolute atomic E-state index is 5.39. The molecule has 2 aromatic heterocycles. The molecule has 138 valence electrons. The molecule has 0 radical (unpaired) electrons. The van der Waals surface area contributed by atoms with E-state index in [0.29, 0.717) is 24.1 Å². The number of nitrogens with one attached hydrogen (secondary N) is 2. The van der Waals surface area contributed by atoms with Gasteiger partial charge in [-0.15, -0.1) is 5.10 Å². The zero-order chi connectivity index (χ0) is 18.9. The van der Waals surface area contributed by atoms with E-state index in [1.54, 1.807) is 18.0 Å². The van der Waals surface area contributed by atoms with Crippen LogP contribution in [0.2, 0.25) is 0 Å². The van der Waals surface area contributed by atoms with Crippen LogP contribution in [0.1, 0.15) is 5.56 Å². The van der Waals surface area contributed by atoms with Gasteiger partial charge in [-0.3, -0.25) is 0 Å². The molecule has 28 heavy (non-hydrogen) atoms. The van der Waals surface area contributed by atoms with E-state index in [9.17, 15) is 0 Å². The number of benzene rings is 2. The Labute approximate surface area is 160 Å². The average Bonchev–Trinajstić information content (AvgIpc) is 3.18. The zero-order valence-electron chi connectivity index (χ0n) is 15.0. The van der Waals surface area contributed by atoms with Crippen LogP contribution in [0.5, 0.6) is 5.75 Å². The van der Waals surface area contributed by atoms with Crippen LogP contribution in [0, 0.1) is 0 Å². The molecule has 2 aromatic carbocycles. The molecule has 9 heteroatoms. The lowest BCUT2D eigenvalue weighted by Crippen LogP contribution is -2.07. The predicted octanol–water partition coefficient (Wildman–Crippen LogP) is 2.80. The Morgan fingerprint density at radius 2 is 1.96 bits per heavy atom. The summed E-state index contributed by atoms with van der Waals surface area (Å²) in [5.74, 6) is 2.54. The van der Waals surface area contributed by atoms with Gasteiger partial charge in [-0.05, 0) is 28.6 Å². The van der Waals surface area contributed by atoms with E-state index in [1.807, 2.05) is 48.5 Å². The van der Waals surface area contributed by atoms with E-state index >= 15 is 0 Å². The average molecular weight is 372 g/mol. The molecule has 0 spiro atoms. The molecule has 1 aliphatic rings. The van der Waals surface area contributed by atoms with E-state index in [2.05, 4.69) is 36.1 Å². The first-order chi connectivity index (χ1) is 13.8. The third kappa shape index (κ3) is 2.69. The summed E-state index contributed by atoms with van der Waals surface area (Å²) in [6.07, 6.45) is 1.72. The molecule has 0 bridgehead atoms. The number of fused-ring (bicyclic) bond motifs is 5. The lowest BCUT2D eigenvalue weighted by atomic mass is 10.2. The van der Waals surface area contributed by atoms with Crippen LogP contribution in [0.4, 0.5) is 17.5 Å². The Morgan fingerprint density at radius 3 is 2.89 bits per heavy atom. The Kier molecular flexibility index (Phi) is 3.82. The molecule has 1 aliphatic heterocycles. The topological polar surface area (TPSA) is 103 Å². The molecule has 5 rings (SSSR count). The van der Waals surface area contributed by atoms with Gasteiger partial charge in [0, 0.05) is 18.3 Å². The number of methoxy groups -OCH3 is 1. The van der Waals surface area contributed by atoms with Gasteiger partial charge in [0.2, 0.25) is 5.95 Å². The minimum absolute atomic E-state index is 0.496. The van der Waals surface area contributed by atoms with Crippen LogP contribution < -0.4 is 15.4 Å². The molecule has 0 saturated carbocycles. The molecule has 0 amide bonds. The van der Waals surface area contributed by atoms with Crippen molar-refractivity contribution in [2.75, 3.05) is 17.7 Å². The minimum Gasteiger partial charge on any atom is -0.496 e.